The van der Waals surface area contributed by atoms with Crippen LogP contribution in [0.3, 0.4) is 0 Å². The highest BCUT2D eigenvalue weighted by Crippen LogP contribution is 2.30. The van der Waals surface area contributed by atoms with Crippen molar-refractivity contribution in [3.63, 3.8) is 0 Å². The van der Waals surface area contributed by atoms with Crippen molar-refractivity contribution in [1.29, 1.82) is 0 Å². The minimum absolute atomic E-state index is 0.575. The van der Waals surface area contributed by atoms with Crippen LogP contribution in [0.25, 0.3) is 0 Å². The largest absolute Gasteiger partial charge is 0.496 e. The fourth-order valence-corrected chi connectivity index (χ4v) is 1.91. The van der Waals surface area contributed by atoms with Gasteiger partial charge in [-0.05, 0) is 29.9 Å². The van der Waals surface area contributed by atoms with E-state index in [9.17, 15) is 0 Å². The topological polar surface area (TPSA) is 9.23 Å². The average Bonchev–Trinajstić information content (AvgIpc) is 2.16. The van der Waals surface area contributed by atoms with E-state index in [0.29, 0.717) is 5.92 Å². The molecule has 0 saturated carbocycles. The molecular weight excluding hydrogens is 172 g/mol. The molecule has 1 nitrogen and oxygen atoms in total. The molecule has 0 saturated heterocycles. The van der Waals surface area contributed by atoms with Gasteiger partial charge in [0.25, 0.3) is 0 Å². The second-order valence-electron chi connectivity index (χ2n) is 4.27. The Kier molecular flexibility index (Phi) is 3.99. The second-order valence-corrected chi connectivity index (χ2v) is 4.27. The van der Waals surface area contributed by atoms with E-state index in [0.717, 1.165) is 11.7 Å². The van der Waals surface area contributed by atoms with E-state index in [1.54, 1.807) is 7.11 Å². The predicted octanol–water partition coefficient (Wildman–Crippen LogP) is 3.84. The van der Waals surface area contributed by atoms with Gasteiger partial charge < -0.3 is 4.74 Å². The Bertz CT molecular complexity index is 278. The van der Waals surface area contributed by atoms with Gasteiger partial charge in [0.15, 0.2) is 0 Å². The van der Waals surface area contributed by atoms with Gasteiger partial charge in [0.2, 0.25) is 0 Å². The van der Waals surface area contributed by atoms with Crippen molar-refractivity contribution in [2.75, 3.05) is 7.11 Å². The quantitative estimate of drug-likeness (QED) is 0.704. The molecule has 0 aliphatic rings. The summed E-state index contributed by atoms with van der Waals surface area (Å²) >= 11 is 0. The Morgan fingerprint density at radius 1 is 1.14 bits per heavy atom. The maximum atomic E-state index is 5.35. The van der Waals surface area contributed by atoms with Gasteiger partial charge in [0, 0.05) is 0 Å². The predicted molar refractivity (Wildman–Crippen MR) is 60.9 cm³/mol. The summed E-state index contributed by atoms with van der Waals surface area (Å²) < 4.78 is 5.35. The molecule has 1 aromatic rings. The molecule has 0 N–H and O–H groups in total. The van der Waals surface area contributed by atoms with Crippen molar-refractivity contribution in [3.05, 3.63) is 29.8 Å². The summed E-state index contributed by atoms with van der Waals surface area (Å²) in [5.41, 5.74) is 1.32. The van der Waals surface area contributed by atoms with Crippen LogP contribution in [-0.4, -0.2) is 7.11 Å². The molecule has 0 bridgehead atoms. The van der Waals surface area contributed by atoms with E-state index in [4.69, 9.17) is 4.74 Å². The number of benzene rings is 1. The first-order chi connectivity index (χ1) is 6.65. The van der Waals surface area contributed by atoms with Crippen LogP contribution >= 0.6 is 0 Å². The highest BCUT2D eigenvalue weighted by Gasteiger charge is 2.11. The minimum Gasteiger partial charge on any atom is -0.496 e. The van der Waals surface area contributed by atoms with E-state index >= 15 is 0 Å². The summed E-state index contributed by atoms with van der Waals surface area (Å²) in [6, 6.07) is 8.29. The van der Waals surface area contributed by atoms with Crippen molar-refractivity contribution in [2.45, 2.75) is 33.1 Å². The molecule has 1 rings (SSSR count). The summed E-state index contributed by atoms with van der Waals surface area (Å²) in [5.74, 6) is 2.32. The van der Waals surface area contributed by atoms with Crippen molar-refractivity contribution >= 4 is 0 Å². The summed E-state index contributed by atoms with van der Waals surface area (Å²) in [7, 11) is 1.74. The van der Waals surface area contributed by atoms with Crippen LogP contribution in [0.5, 0.6) is 5.75 Å². The summed E-state index contributed by atoms with van der Waals surface area (Å²) in [6.07, 6.45) is 1.21. The van der Waals surface area contributed by atoms with Crippen molar-refractivity contribution < 1.29 is 4.74 Å². The van der Waals surface area contributed by atoms with Crippen LogP contribution in [-0.2, 0) is 0 Å². The number of methoxy groups -OCH3 is 1. The first kappa shape index (κ1) is 11.1. The molecule has 0 radical (unpaired) electrons. The Balaban J connectivity index is 2.82. The van der Waals surface area contributed by atoms with E-state index in [-0.39, 0.29) is 0 Å². The highest BCUT2D eigenvalue weighted by atomic mass is 16.5. The molecular formula is C13H20O. The Hall–Kier alpha value is -0.980. The van der Waals surface area contributed by atoms with Crippen LogP contribution < -0.4 is 4.74 Å². The normalized spacial score (nSPS) is 12.9. The first-order valence-electron chi connectivity index (χ1n) is 5.28. The lowest BCUT2D eigenvalue weighted by Crippen LogP contribution is -2.01. The fraction of sp³-hybridized carbons (Fsp3) is 0.538. The second kappa shape index (κ2) is 5.04. The molecule has 0 heterocycles. The zero-order valence-corrected chi connectivity index (χ0v) is 9.58. The van der Waals surface area contributed by atoms with Crippen molar-refractivity contribution in [2.24, 2.45) is 5.92 Å². The third-order valence-electron chi connectivity index (χ3n) is 2.49. The van der Waals surface area contributed by atoms with Gasteiger partial charge in [0.1, 0.15) is 5.75 Å². The third kappa shape index (κ3) is 2.76. The summed E-state index contributed by atoms with van der Waals surface area (Å²) in [5, 5.41) is 0. The molecule has 1 heteroatoms. The average molecular weight is 192 g/mol. The van der Waals surface area contributed by atoms with Crippen molar-refractivity contribution in [3.8, 4) is 5.75 Å². The van der Waals surface area contributed by atoms with Gasteiger partial charge in [0.05, 0.1) is 7.11 Å². The number of rotatable bonds is 4. The number of para-hydroxylation sites is 1. The van der Waals surface area contributed by atoms with E-state index < -0.39 is 0 Å². The summed E-state index contributed by atoms with van der Waals surface area (Å²) in [4.78, 5) is 0. The lowest BCUT2D eigenvalue weighted by atomic mass is 9.91. The van der Waals surface area contributed by atoms with Crippen molar-refractivity contribution in [1.82, 2.24) is 0 Å². The standard InChI is InChI=1S/C13H20O/c1-10(2)9-11(3)12-7-5-6-8-13(12)14-4/h5-8,10-11H,9H2,1-4H3. The van der Waals surface area contributed by atoms with Crippen LogP contribution in [0, 0.1) is 5.92 Å². The molecule has 1 aromatic carbocycles. The molecule has 0 aliphatic heterocycles. The SMILES string of the molecule is COc1ccccc1C(C)CC(C)C. The van der Waals surface area contributed by atoms with E-state index in [1.807, 2.05) is 12.1 Å². The zero-order valence-electron chi connectivity index (χ0n) is 9.58. The summed E-state index contributed by atoms with van der Waals surface area (Å²) in [6.45, 7) is 6.77. The van der Waals surface area contributed by atoms with E-state index in [2.05, 4.69) is 32.9 Å². The van der Waals surface area contributed by atoms with Gasteiger partial charge in [-0.25, -0.2) is 0 Å². The fourth-order valence-electron chi connectivity index (χ4n) is 1.91. The van der Waals surface area contributed by atoms with Gasteiger partial charge in [-0.15, -0.1) is 0 Å². The maximum Gasteiger partial charge on any atom is 0.122 e. The Morgan fingerprint density at radius 2 is 1.79 bits per heavy atom. The molecule has 1 unspecified atom stereocenters. The molecule has 0 fully saturated rings. The van der Waals surface area contributed by atoms with Gasteiger partial charge in [-0.1, -0.05) is 39.0 Å². The van der Waals surface area contributed by atoms with Crippen LogP contribution in [0.15, 0.2) is 24.3 Å². The molecule has 1 atom stereocenters. The molecule has 0 amide bonds. The first-order valence-corrected chi connectivity index (χ1v) is 5.28. The Morgan fingerprint density at radius 3 is 2.36 bits per heavy atom. The molecule has 0 spiro atoms. The van der Waals surface area contributed by atoms with Crippen LogP contribution in [0.2, 0.25) is 0 Å². The molecule has 14 heavy (non-hydrogen) atoms. The maximum absolute atomic E-state index is 5.35. The number of hydrogen-bond acceptors (Lipinski definition) is 1. The van der Waals surface area contributed by atoms with Gasteiger partial charge >= 0.3 is 0 Å². The smallest absolute Gasteiger partial charge is 0.122 e. The number of hydrogen-bond donors (Lipinski definition) is 0. The lowest BCUT2D eigenvalue weighted by Gasteiger charge is -2.17. The van der Waals surface area contributed by atoms with Gasteiger partial charge in [-0.2, -0.15) is 0 Å². The monoisotopic (exact) mass is 192 g/mol. The highest BCUT2D eigenvalue weighted by molar-refractivity contribution is 5.35. The van der Waals surface area contributed by atoms with E-state index in [1.165, 1.54) is 12.0 Å². The van der Waals surface area contributed by atoms with Gasteiger partial charge in [-0.3, -0.25) is 0 Å². The molecule has 78 valence electrons. The minimum atomic E-state index is 0.575. The zero-order chi connectivity index (χ0) is 10.6. The lowest BCUT2D eigenvalue weighted by molar-refractivity contribution is 0.401. The Labute approximate surface area is 87.1 Å². The van der Waals surface area contributed by atoms with Crippen LogP contribution in [0.1, 0.15) is 38.7 Å². The molecule has 0 aliphatic carbocycles. The van der Waals surface area contributed by atoms with Crippen LogP contribution in [0.4, 0.5) is 0 Å². The number of ether oxygens (including phenoxy) is 1. The third-order valence-corrected chi connectivity index (χ3v) is 2.49. The molecule has 0 aromatic heterocycles.